The van der Waals surface area contributed by atoms with Crippen molar-refractivity contribution >= 4 is 15.9 Å². The topological polar surface area (TPSA) is 95.5 Å². The molecule has 0 radical (unpaired) electrons. The van der Waals surface area contributed by atoms with Crippen LogP contribution in [-0.2, 0) is 4.74 Å². The van der Waals surface area contributed by atoms with Crippen molar-refractivity contribution in [3.05, 3.63) is 20.2 Å². The molecule has 0 heterocycles. The highest BCUT2D eigenvalue weighted by Gasteiger charge is 2.58. The second kappa shape index (κ2) is 5.15. The van der Waals surface area contributed by atoms with Crippen LogP contribution in [0.15, 0.2) is 0 Å². The molecule has 1 atom stereocenters. The van der Waals surface area contributed by atoms with Gasteiger partial charge in [-0.3, -0.25) is 20.2 Å². The van der Waals surface area contributed by atoms with Crippen molar-refractivity contribution in [3.63, 3.8) is 0 Å². The minimum atomic E-state index is -3.76. The number of hydrogen-bond acceptors (Lipinski definition) is 5. The quantitative estimate of drug-likeness (QED) is 0.236. The molecule has 0 rings (SSSR count). The summed E-state index contributed by atoms with van der Waals surface area (Å²) < 4.78 is 17.4. The van der Waals surface area contributed by atoms with E-state index in [4.69, 9.17) is 0 Å². The molecule has 0 aliphatic rings. The van der Waals surface area contributed by atoms with E-state index < -0.39 is 22.4 Å². The Morgan fingerprint density at radius 3 is 2.21 bits per heavy atom. The molecule has 0 aliphatic heterocycles. The van der Waals surface area contributed by atoms with Gasteiger partial charge < -0.3 is 4.74 Å². The zero-order chi connectivity index (χ0) is 11.4. The molecule has 0 fully saturated rings. The van der Waals surface area contributed by atoms with Crippen molar-refractivity contribution < 1.29 is 19.0 Å². The predicted molar refractivity (Wildman–Crippen MR) is 47.0 cm³/mol. The van der Waals surface area contributed by atoms with E-state index in [9.17, 15) is 24.6 Å². The molecule has 0 aliphatic carbocycles. The fourth-order valence-corrected chi connectivity index (χ4v) is 0.710. The minimum Gasteiger partial charge on any atom is -0.363 e. The third kappa shape index (κ3) is 3.50. The number of hydrogen-bond donors (Lipinski definition) is 0. The van der Waals surface area contributed by atoms with E-state index in [0.717, 1.165) is 0 Å². The number of nitro groups is 2. The zero-order valence-electron chi connectivity index (χ0n) is 7.18. The summed E-state index contributed by atoms with van der Waals surface area (Å²) in [6, 6.07) is 0. The van der Waals surface area contributed by atoms with Gasteiger partial charge >= 0.3 is 5.92 Å². The summed E-state index contributed by atoms with van der Waals surface area (Å²) in [7, 11) is 0. The Bertz CT molecular complexity index is 222. The predicted octanol–water partition coefficient (Wildman–Crippen LogP) is 0.963. The fourth-order valence-electron chi connectivity index (χ4n) is 0.523. The minimum absolute atomic E-state index is 0.0483. The second-order valence-electron chi connectivity index (χ2n) is 2.53. The number of halogens is 2. The Morgan fingerprint density at radius 1 is 1.50 bits per heavy atom. The molecule has 14 heavy (non-hydrogen) atoms. The molecule has 0 aromatic heterocycles. The van der Waals surface area contributed by atoms with Gasteiger partial charge in [-0.2, -0.15) is 0 Å². The van der Waals surface area contributed by atoms with Crippen LogP contribution < -0.4 is 0 Å². The molecular weight excluding hydrogens is 267 g/mol. The van der Waals surface area contributed by atoms with Crippen LogP contribution in [0.3, 0.4) is 0 Å². The first-order chi connectivity index (χ1) is 6.30. The van der Waals surface area contributed by atoms with Gasteiger partial charge in [-0.25, -0.2) is 0 Å². The summed E-state index contributed by atoms with van der Waals surface area (Å²) in [5.41, 5.74) is 0. The standard InChI is InChI=1S/C5H8BrFN2O5/c1-4(6)2-14-3-5(7,8(10)11)9(12)13/h4H,2-3H2,1H3. The van der Waals surface area contributed by atoms with Crippen molar-refractivity contribution in [2.24, 2.45) is 0 Å². The van der Waals surface area contributed by atoms with Gasteiger partial charge in [-0.1, -0.05) is 27.2 Å². The lowest BCUT2D eigenvalue weighted by Crippen LogP contribution is -2.46. The van der Waals surface area contributed by atoms with E-state index in [-0.39, 0.29) is 11.4 Å². The van der Waals surface area contributed by atoms with Gasteiger partial charge in [0.15, 0.2) is 0 Å². The van der Waals surface area contributed by atoms with Crippen LogP contribution in [0.2, 0.25) is 0 Å². The summed E-state index contributed by atoms with van der Waals surface area (Å²) >= 11 is 3.03. The van der Waals surface area contributed by atoms with E-state index >= 15 is 0 Å². The third-order valence-corrected chi connectivity index (χ3v) is 1.46. The second-order valence-corrected chi connectivity index (χ2v) is 4.09. The van der Waals surface area contributed by atoms with E-state index in [1.807, 2.05) is 0 Å². The lowest BCUT2D eigenvalue weighted by molar-refractivity contribution is -0.833. The molecule has 0 aromatic rings. The Morgan fingerprint density at radius 2 is 1.93 bits per heavy atom. The van der Waals surface area contributed by atoms with Gasteiger partial charge in [0.25, 0.3) is 0 Å². The molecule has 0 saturated carbocycles. The largest absolute Gasteiger partial charge is 0.637 e. The number of rotatable bonds is 6. The van der Waals surface area contributed by atoms with Gasteiger partial charge in [-0.05, 0) is 0 Å². The maximum Gasteiger partial charge on any atom is 0.637 e. The maximum atomic E-state index is 12.9. The Kier molecular flexibility index (Phi) is 4.85. The molecular formula is C5H8BrFN2O5. The molecule has 0 N–H and O–H groups in total. The number of nitrogens with zero attached hydrogens (tertiary/aromatic N) is 2. The van der Waals surface area contributed by atoms with Crippen molar-refractivity contribution in [1.82, 2.24) is 0 Å². The van der Waals surface area contributed by atoms with Crippen LogP contribution in [0, 0.1) is 20.2 Å². The van der Waals surface area contributed by atoms with Crippen LogP contribution in [0.25, 0.3) is 0 Å². The van der Waals surface area contributed by atoms with Crippen molar-refractivity contribution in [2.75, 3.05) is 13.2 Å². The average molecular weight is 275 g/mol. The van der Waals surface area contributed by atoms with Gasteiger partial charge in [0.2, 0.25) is 6.61 Å². The number of ether oxygens (including phenoxy) is 1. The van der Waals surface area contributed by atoms with E-state index in [0.29, 0.717) is 0 Å². The molecule has 1 unspecified atom stereocenters. The Balaban J connectivity index is 4.26. The molecule has 0 saturated heterocycles. The first-order valence-corrected chi connectivity index (χ1v) is 4.42. The Hall–Kier alpha value is -0.830. The first kappa shape index (κ1) is 13.2. The smallest absolute Gasteiger partial charge is 0.363 e. The SMILES string of the molecule is CC(Br)COCC(F)([N+](=O)[O-])[N+](=O)[O-]. The van der Waals surface area contributed by atoms with Gasteiger partial charge in [0.1, 0.15) is 9.85 Å². The fraction of sp³-hybridized carbons (Fsp3) is 1.00. The highest BCUT2D eigenvalue weighted by atomic mass is 79.9. The third-order valence-electron chi connectivity index (χ3n) is 1.19. The summed E-state index contributed by atoms with van der Waals surface area (Å²) in [5.74, 6) is -3.76. The van der Waals surface area contributed by atoms with Crippen LogP contribution in [-0.4, -0.2) is 33.8 Å². The molecule has 9 heteroatoms. The van der Waals surface area contributed by atoms with Gasteiger partial charge in [0, 0.05) is 4.83 Å². The molecule has 0 bridgehead atoms. The van der Waals surface area contributed by atoms with Crippen molar-refractivity contribution in [1.29, 1.82) is 0 Å². The molecule has 82 valence electrons. The van der Waals surface area contributed by atoms with Crippen LogP contribution >= 0.6 is 15.9 Å². The monoisotopic (exact) mass is 274 g/mol. The first-order valence-electron chi connectivity index (χ1n) is 3.50. The van der Waals surface area contributed by atoms with E-state index in [1.54, 1.807) is 6.92 Å². The highest BCUT2D eigenvalue weighted by Crippen LogP contribution is 2.14. The summed E-state index contributed by atoms with van der Waals surface area (Å²) in [6.45, 7) is 0.397. The lowest BCUT2D eigenvalue weighted by atomic mass is 10.5. The summed E-state index contributed by atoms with van der Waals surface area (Å²) in [4.78, 5) is 16.7. The van der Waals surface area contributed by atoms with E-state index in [1.165, 1.54) is 0 Å². The number of alkyl halides is 2. The molecule has 7 nitrogen and oxygen atoms in total. The maximum absolute atomic E-state index is 12.9. The van der Waals surface area contributed by atoms with Crippen molar-refractivity contribution in [3.8, 4) is 0 Å². The van der Waals surface area contributed by atoms with E-state index in [2.05, 4.69) is 20.7 Å². The van der Waals surface area contributed by atoms with Gasteiger partial charge in [0.05, 0.1) is 6.61 Å². The van der Waals surface area contributed by atoms with Crippen LogP contribution in [0.4, 0.5) is 4.39 Å². The lowest BCUT2D eigenvalue weighted by Gasteiger charge is -2.09. The molecule has 0 amide bonds. The normalized spacial score (nSPS) is 13.6. The van der Waals surface area contributed by atoms with Crippen molar-refractivity contribution in [2.45, 2.75) is 17.7 Å². The Labute approximate surface area is 86.7 Å². The van der Waals surface area contributed by atoms with Crippen LogP contribution in [0.5, 0.6) is 0 Å². The van der Waals surface area contributed by atoms with Crippen LogP contribution in [0.1, 0.15) is 6.92 Å². The average Bonchev–Trinajstić information content (AvgIpc) is 2.02. The summed E-state index contributed by atoms with van der Waals surface area (Å²) in [5, 5.41) is 20.1. The molecule has 0 spiro atoms. The summed E-state index contributed by atoms with van der Waals surface area (Å²) in [6.07, 6.45) is 0. The highest BCUT2D eigenvalue weighted by molar-refractivity contribution is 9.09. The molecule has 0 aromatic carbocycles. The zero-order valence-corrected chi connectivity index (χ0v) is 8.77. The van der Waals surface area contributed by atoms with Gasteiger partial charge in [-0.15, -0.1) is 0 Å².